The van der Waals surface area contributed by atoms with E-state index in [1.807, 2.05) is 19.1 Å². The van der Waals surface area contributed by atoms with Gasteiger partial charge in [0.15, 0.2) is 11.0 Å². The SMILES string of the molecule is COc1ccc(NC(=O)CN)cc1NS(=O)c1ccc(-c2ccc(C)o2)cc1Cl. The first-order chi connectivity index (χ1) is 13.9. The minimum absolute atomic E-state index is 0.141. The highest BCUT2D eigenvalue weighted by atomic mass is 35.5. The normalized spacial score (nSPS) is 11.7. The van der Waals surface area contributed by atoms with Gasteiger partial charge >= 0.3 is 0 Å². The number of benzene rings is 2. The molecule has 7 nitrogen and oxygen atoms in total. The summed E-state index contributed by atoms with van der Waals surface area (Å²) < 4.78 is 26.6. The lowest BCUT2D eigenvalue weighted by atomic mass is 10.2. The second-order valence-corrected chi connectivity index (χ2v) is 7.68. The molecule has 0 spiro atoms. The van der Waals surface area contributed by atoms with Crippen LogP contribution in [0.4, 0.5) is 11.4 Å². The molecule has 0 bridgehead atoms. The molecule has 0 fully saturated rings. The van der Waals surface area contributed by atoms with Crippen molar-refractivity contribution in [2.75, 3.05) is 23.7 Å². The van der Waals surface area contributed by atoms with E-state index in [4.69, 9.17) is 26.5 Å². The summed E-state index contributed by atoms with van der Waals surface area (Å²) in [5.41, 5.74) is 7.03. The Hall–Kier alpha value is -2.81. The number of hydrogen-bond acceptors (Lipinski definition) is 5. The van der Waals surface area contributed by atoms with Crippen molar-refractivity contribution >= 4 is 39.9 Å². The number of aryl methyl sites for hydroxylation is 1. The fourth-order valence-electron chi connectivity index (χ4n) is 2.63. The molecule has 3 rings (SSSR count). The van der Waals surface area contributed by atoms with Gasteiger partial charge in [0, 0.05) is 11.3 Å². The molecule has 3 aromatic rings. The molecule has 0 aliphatic carbocycles. The number of carbonyl (C=O) groups excluding carboxylic acids is 1. The number of nitrogens with two attached hydrogens (primary N) is 1. The Morgan fingerprint density at radius 1 is 1.21 bits per heavy atom. The molecule has 152 valence electrons. The van der Waals surface area contributed by atoms with Crippen LogP contribution in [0.1, 0.15) is 5.76 Å². The molecule has 2 aromatic carbocycles. The van der Waals surface area contributed by atoms with Gasteiger partial charge in [0.1, 0.15) is 17.3 Å². The first-order valence-electron chi connectivity index (χ1n) is 8.64. The first kappa shape index (κ1) is 20.9. The van der Waals surface area contributed by atoms with Crippen LogP contribution in [0.5, 0.6) is 5.75 Å². The van der Waals surface area contributed by atoms with Crippen molar-refractivity contribution in [2.45, 2.75) is 11.8 Å². The summed E-state index contributed by atoms with van der Waals surface area (Å²) in [6.07, 6.45) is 0. The minimum atomic E-state index is -1.67. The molecule has 0 radical (unpaired) electrons. The van der Waals surface area contributed by atoms with Gasteiger partial charge in [0.2, 0.25) is 5.91 Å². The molecule has 1 amide bonds. The third kappa shape index (κ3) is 4.97. The van der Waals surface area contributed by atoms with E-state index in [1.54, 1.807) is 36.4 Å². The van der Waals surface area contributed by atoms with Gasteiger partial charge < -0.3 is 20.2 Å². The fraction of sp³-hybridized carbons (Fsp3) is 0.150. The lowest BCUT2D eigenvalue weighted by Crippen LogP contribution is -2.21. The summed E-state index contributed by atoms with van der Waals surface area (Å²) in [6.45, 7) is 1.72. The third-order valence-electron chi connectivity index (χ3n) is 4.03. The summed E-state index contributed by atoms with van der Waals surface area (Å²) in [5.74, 6) is 1.59. The summed E-state index contributed by atoms with van der Waals surface area (Å²) in [4.78, 5) is 11.9. The lowest BCUT2D eigenvalue weighted by molar-refractivity contribution is -0.114. The highest BCUT2D eigenvalue weighted by Gasteiger charge is 2.15. The van der Waals surface area contributed by atoms with E-state index in [0.717, 1.165) is 11.3 Å². The van der Waals surface area contributed by atoms with E-state index in [-0.39, 0.29) is 12.5 Å². The molecule has 1 atom stereocenters. The number of carbonyl (C=O) groups is 1. The van der Waals surface area contributed by atoms with Gasteiger partial charge in [-0.15, -0.1) is 0 Å². The largest absolute Gasteiger partial charge is 0.495 e. The van der Waals surface area contributed by atoms with E-state index < -0.39 is 11.0 Å². The number of anilines is 2. The van der Waals surface area contributed by atoms with Crippen molar-refractivity contribution in [2.24, 2.45) is 5.73 Å². The molecule has 0 saturated carbocycles. The number of hydrogen-bond donors (Lipinski definition) is 3. The van der Waals surface area contributed by atoms with Crippen LogP contribution >= 0.6 is 11.6 Å². The molecule has 0 saturated heterocycles. The van der Waals surface area contributed by atoms with Gasteiger partial charge in [-0.2, -0.15) is 0 Å². The average Bonchev–Trinajstić information content (AvgIpc) is 3.14. The van der Waals surface area contributed by atoms with E-state index >= 15 is 0 Å². The second-order valence-electron chi connectivity index (χ2n) is 6.09. The summed E-state index contributed by atoms with van der Waals surface area (Å²) in [6, 6.07) is 13.8. The number of halogens is 1. The maximum Gasteiger partial charge on any atom is 0.238 e. The van der Waals surface area contributed by atoms with Gasteiger partial charge in [-0.25, -0.2) is 4.21 Å². The van der Waals surface area contributed by atoms with Crippen LogP contribution in [0.3, 0.4) is 0 Å². The smallest absolute Gasteiger partial charge is 0.238 e. The Balaban J connectivity index is 1.84. The quantitative estimate of drug-likeness (QED) is 0.523. The van der Waals surface area contributed by atoms with E-state index in [1.165, 1.54) is 7.11 Å². The molecular weight excluding hydrogens is 414 g/mol. The molecule has 1 aromatic heterocycles. The Kier molecular flexibility index (Phi) is 6.58. The molecule has 0 aliphatic heterocycles. The van der Waals surface area contributed by atoms with Crippen LogP contribution < -0.4 is 20.5 Å². The van der Waals surface area contributed by atoms with Crippen molar-refractivity contribution in [3.63, 3.8) is 0 Å². The zero-order valence-corrected chi connectivity index (χ0v) is 17.4. The van der Waals surface area contributed by atoms with E-state index in [0.29, 0.717) is 32.8 Å². The summed E-state index contributed by atoms with van der Waals surface area (Å²) in [7, 11) is -0.175. The lowest BCUT2D eigenvalue weighted by Gasteiger charge is -2.14. The Morgan fingerprint density at radius 2 is 2.00 bits per heavy atom. The maximum atomic E-state index is 12.9. The third-order valence-corrected chi connectivity index (χ3v) is 5.61. The highest BCUT2D eigenvalue weighted by Crippen LogP contribution is 2.32. The number of nitrogens with one attached hydrogen (secondary N) is 2. The first-order valence-corrected chi connectivity index (χ1v) is 10.2. The minimum Gasteiger partial charge on any atom is -0.495 e. The molecule has 9 heteroatoms. The number of furan rings is 1. The predicted molar refractivity (Wildman–Crippen MR) is 115 cm³/mol. The molecule has 4 N–H and O–H groups in total. The number of rotatable bonds is 7. The standard InChI is InChI=1S/C20H20ClN3O4S/c1-12-3-6-17(28-12)13-4-8-19(15(21)9-13)29(26)24-16-10-14(23-20(25)11-22)5-7-18(16)27-2/h3-10,24H,11,22H2,1-2H3,(H,23,25). The molecular formula is C20H20ClN3O4S. The number of amides is 1. The monoisotopic (exact) mass is 433 g/mol. The van der Waals surface area contributed by atoms with Crippen molar-refractivity contribution < 1.29 is 18.2 Å². The molecule has 1 unspecified atom stereocenters. The van der Waals surface area contributed by atoms with Crippen LogP contribution in [0.25, 0.3) is 11.3 Å². The van der Waals surface area contributed by atoms with Crippen molar-refractivity contribution in [3.05, 3.63) is 59.3 Å². The maximum absolute atomic E-state index is 12.9. The predicted octanol–water partition coefficient (Wildman–Crippen LogP) is 3.95. The summed E-state index contributed by atoms with van der Waals surface area (Å²) >= 11 is 6.36. The molecule has 0 aliphatic rings. The van der Waals surface area contributed by atoms with Crippen molar-refractivity contribution in [1.82, 2.24) is 0 Å². The van der Waals surface area contributed by atoms with Gasteiger partial charge in [0.05, 0.1) is 29.3 Å². The van der Waals surface area contributed by atoms with Gasteiger partial charge in [-0.05, 0) is 55.5 Å². The molecule has 29 heavy (non-hydrogen) atoms. The molecule has 1 heterocycles. The Bertz CT molecular complexity index is 1070. The van der Waals surface area contributed by atoms with Crippen LogP contribution in [0, 0.1) is 6.92 Å². The van der Waals surface area contributed by atoms with Crippen LogP contribution in [0.2, 0.25) is 5.02 Å². The van der Waals surface area contributed by atoms with Crippen molar-refractivity contribution in [3.8, 4) is 17.1 Å². The summed E-state index contributed by atoms with van der Waals surface area (Å²) in [5, 5.41) is 2.97. The highest BCUT2D eigenvalue weighted by molar-refractivity contribution is 7.86. The van der Waals surface area contributed by atoms with E-state index in [2.05, 4.69) is 10.0 Å². The second kappa shape index (κ2) is 9.13. The van der Waals surface area contributed by atoms with Gasteiger partial charge in [-0.1, -0.05) is 11.6 Å². The zero-order chi connectivity index (χ0) is 21.0. The Labute approximate surface area is 175 Å². The number of ether oxygens (including phenoxy) is 1. The van der Waals surface area contributed by atoms with Crippen LogP contribution in [0.15, 0.2) is 57.8 Å². The van der Waals surface area contributed by atoms with Crippen molar-refractivity contribution in [1.29, 1.82) is 0 Å². The fourth-order valence-corrected chi connectivity index (χ4v) is 3.91. The number of methoxy groups -OCH3 is 1. The topological polar surface area (TPSA) is 107 Å². The zero-order valence-electron chi connectivity index (χ0n) is 15.8. The van der Waals surface area contributed by atoms with Crippen LogP contribution in [-0.4, -0.2) is 23.8 Å². The van der Waals surface area contributed by atoms with E-state index in [9.17, 15) is 9.00 Å². The van der Waals surface area contributed by atoms with Gasteiger partial charge in [0.25, 0.3) is 0 Å². The van der Waals surface area contributed by atoms with Gasteiger partial charge in [-0.3, -0.25) is 9.52 Å². The van der Waals surface area contributed by atoms with Crippen LogP contribution in [-0.2, 0) is 15.8 Å². The Morgan fingerprint density at radius 3 is 2.62 bits per heavy atom. The average molecular weight is 434 g/mol.